The minimum absolute atomic E-state index is 0.0273. The molecule has 1 atom stereocenters. The molecule has 0 saturated carbocycles. The lowest BCUT2D eigenvalue weighted by Gasteiger charge is -2.14. The zero-order chi connectivity index (χ0) is 14.6. The summed E-state index contributed by atoms with van der Waals surface area (Å²) >= 11 is 5.80. The second-order valence-electron chi connectivity index (χ2n) is 4.52. The number of sulfone groups is 1. The topological polar surface area (TPSA) is 89.3 Å². The van der Waals surface area contributed by atoms with Crippen molar-refractivity contribution in [2.45, 2.75) is 19.4 Å². The van der Waals surface area contributed by atoms with Crippen LogP contribution in [-0.2, 0) is 9.84 Å². The quantitative estimate of drug-likeness (QED) is 0.806. The monoisotopic (exact) mass is 304 g/mol. The van der Waals surface area contributed by atoms with Crippen LogP contribution in [0.5, 0.6) is 0 Å². The lowest BCUT2D eigenvalue weighted by Crippen LogP contribution is -2.34. The Balaban J connectivity index is 2.66. The molecular formula is C12H17ClN2O3S. The van der Waals surface area contributed by atoms with Gasteiger partial charge < -0.3 is 11.1 Å². The van der Waals surface area contributed by atoms with Gasteiger partial charge in [0.1, 0.15) is 9.84 Å². The van der Waals surface area contributed by atoms with Crippen molar-refractivity contribution in [2.24, 2.45) is 0 Å². The van der Waals surface area contributed by atoms with Crippen LogP contribution in [0.3, 0.4) is 0 Å². The molecular weight excluding hydrogens is 288 g/mol. The van der Waals surface area contributed by atoms with Crippen LogP contribution in [0.4, 0.5) is 5.69 Å². The molecule has 0 heterocycles. The zero-order valence-electron chi connectivity index (χ0n) is 10.8. The first kappa shape index (κ1) is 15.8. The van der Waals surface area contributed by atoms with Gasteiger partial charge in [-0.05, 0) is 31.5 Å². The SMILES string of the molecule is C[C@@H](CCS(C)(=O)=O)NC(=O)c1cc(Cl)ccc1N. The standard InChI is InChI=1S/C12H17ClN2O3S/c1-8(5-6-19(2,17)18)15-12(16)10-7-9(13)3-4-11(10)14/h3-4,7-8H,5-6,14H2,1-2H3,(H,15,16)/t8-/m0/s1. The average Bonchev–Trinajstić information content (AvgIpc) is 2.28. The van der Waals surface area contributed by atoms with Gasteiger partial charge in [-0.3, -0.25) is 4.79 Å². The summed E-state index contributed by atoms with van der Waals surface area (Å²) in [5.41, 5.74) is 6.32. The van der Waals surface area contributed by atoms with E-state index in [1.54, 1.807) is 19.1 Å². The van der Waals surface area contributed by atoms with Crippen molar-refractivity contribution in [3.63, 3.8) is 0 Å². The Morgan fingerprint density at radius 2 is 2.11 bits per heavy atom. The predicted molar refractivity (Wildman–Crippen MR) is 77.1 cm³/mol. The Morgan fingerprint density at radius 3 is 2.68 bits per heavy atom. The van der Waals surface area contributed by atoms with Gasteiger partial charge in [0.2, 0.25) is 0 Å². The van der Waals surface area contributed by atoms with Crippen molar-refractivity contribution in [1.29, 1.82) is 0 Å². The fraction of sp³-hybridized carbons (Fsp3) is 0.417. The third-order valence-electron chi connectivity index (χ3n) is 2.56. The molecule has 0 aliphatic carbocycles. The van der Waals surface area contributed by atoms with Gasteiger partial charge in [-0.2, -0.15) is 0 Å². The lowest BCUT2D eigenvalue weighted by molar-refractivity contribution is 0.0940. The maximum atomic E-state index is 12.0. The van der Waals surface area contributed by atoms with Gasteiger partial charge in [-0.1, -0.05) is 11.6 Å². The van der Waals surface area contributed by atoms with Crippen LogP contribution >= 0.6 is 11.6 Å². The highest BCUT2D eigenvalue weighted by Gasteiger charge is 2.14. The molecule has 0 aliphatic heterocycles. The largest absolute Gasteiger partial charge is 0.398 e. The first-order chi connectivity index (χ1) is 8.69. The summed E-state index contributed by atoms with van der Waals surface area (Å²) in [6.45, 7) is 1.74. The van der Waals surface area contributed by atoms with Crippen LogP contribution in [0.15, 0.2) is 18.2 Å². The maximum Gasteiger partial charge on any atom is 0.253 e. The molecule has 1 aromatic carbocycles. The summed E-state index contributed by atoms with van der Waals surface area (Å²) < 4.78 is 22.1. The van der Waals surface area contributed by atoms with Gasteiger partial charge in [-0.25, -0.2) is 8.42 Å². The van der Waals surface area contributed by atoms with Crippen LogP contribution in [-0.4, -0.2) is 32.4 Å². The summed E-state index contributed by atoms with van der Waals surface area (Å²) in [4.78, 5) is 12.0. The number of carbonyl (C=O) groups excluding carboxylic acids is 1. The predicted octanol–water partition coefficient (Wildman–Crippen LogP) is 1.48. The van der Waals surface area contributed by atoms with Crippen LogP contribution in [0, 0.1) is 0 Å². The molecule has 1 amide bonds. The Labute approximate surface area is 118 Å². The van der Waals surface area contributed by atoms with E-state index in [4.69, 9.17) is 17.3 Å². The number of amides is 1. The zero-order valence-corrected chi connectivity index (χ0v) is 12.4. The summed E-state index contributed by atoms with van der Waals surface area (Å²) in [6.07, 6.45) is 1.52. The van der Waals surface area contributed by atoms with Crippen molar-refractivity contribution >= 4 is 33.0 Å². The van der Waals surface area contributed by atoms with Crippen molar-refractivity contribution in [3.05, 3.63) is 28.8 Å². The second kappa shape index (κ2) is 6.25. The molecule has 0 saturated heterocycles. The highest BCUT2D eigenvalue weighted by atomic mass is 35.5. The summed E-state index contributed by atoms with van der Waals surface area (Å²) in [5, 5.41) is 3.11. The van der Waals surface area contributed by atoms with Gasteiger partial charge in [0.25, 0.3) is 5.91 Å². The Hall–Kier alpha value is -1.27. The first-order valence-corrected chi connectivity index (χ1v) is 8.16. The van der Waals surface area contributed by atoms with E-state index in [9.17, 15) is 13.2 Å². The molecule has 0 aromatic heterocycles. The van der Waals surface area contributed by atoms with Gasteiger partial charge in [0, 0.05) is 23.0 Å². The first-order valence-electron chi connectivity index (χ1n) is 5.72. The molecule has 0 fully saturated rings. The Kier molecular flexibility index (Phi) is 5.20. The van der Waals surface area contributed by atoms with Crippen molar-refractivity contribution in [2.75, 3.05) is 17.7 Å². The molecule has 3 N–H and O–H groups in total. The van der Waals surface area contributed by atoms with Crippen molar-refractivity contribution in [1.82, 2.24) is 5.32 Å². The van der Waals surface area contributed by atoms with E-state index in [0.717, 1.165) is 6.26 Å². The van der Waals surface area contributed by atoms with Crippen LogP contribution in [0.25, 0.3) is 0 Å². The molecule has 1 aromatic rings. The molecule has 19 heavy (non-hydrogen) atoms. The summed E-state index contributed by atoms with van der Waals surface area (Å²) in [5.74, 6) is -0.333. The molecule has 0 aliphatic rings. The number of hydrogen-bond acceptors (Lipinski definition) is 4. The molecule has 5 nitrogen and oxygen atoms in total. The van der Waals surface area contributed by atoms with E-state index in [-0.39, 0.29) is 17.7 Å². The number of nitrogen functional groups attached to an aromatic ring is 1. The number of rotatable bonds is 5. The van der Waals surface area contributed by atoms with E-state index in [1.807, 2.05) is 0 Å². The van der Waals surface area contributed by atoms with Gasteiger partial charge in [0.15, 0.2) is 0 Å². The van der Waals surface area contributed by atoms with Crippen molar-refractivity contribution < 1.29 is 13.2 Å². The number of benzene rings is 1. The van der Waals surface area contributed by atoms with Crippen LogP contribution in [0.1, 0.15) is 23.7 Å². The van der Waals surface area contributed by atoms with E-state index in [2.05, 4.69) is 5.32 Å². The number of nitrogens with one attached hydrogen (secondary N) is 1. The number of anilines is 1. The molecule has 106 valence electrons. The maximum absolute atomic E-state index is 12.0. The second-order valence-corrected chi connectivity index (χ2v) is 7.22. The Morgan fingerprint density at radius 1 is 1.47 bits per heavy atom. The molecule has 0 radical (unpaired) electrons. The highest BCUT2D eigenvalue weighted by molar-refractivity contribution is 7.90. The van der Waals surface area contributed by atoms with Crippen LogP contribution in [0.2, 0.25) is 5.02 Å². The molecule has 0 spiro atoms. The lowest BCUT2D eigenvalue weighted by atomic mass is 10.1. The van der Waals surface area contributed by atoms with E-state index < -0.39 is 9.84 Å². The molecule has 7 heteroatoms. The highest BCUT2D eigenvalue weighted by Crippen LogP contribution is 2.17. The van der Waals surface area contributed by atoms with Crippen molar-refractivity contribution in [3.8, 4) is 0 Å². The smallest absolute Gasteiger partial charge is 0.253 e. The minimum atomic E-state index is -3.03. The van der Waals surface area contributed by atoms with Gasteiger partial charge in [0.05, 0.1) is 11.3 Å². The summed E-state index contributed by atoms with van der Waals surface area (Å²) in [7, 11) is -3.03. The number of hydrogen-bond donors (Lipinski definition) is 2. The molecule has 0 unspecified atom stereocenters. The minimum Gasteiger partial charge on any atom is -0.398 e. The number of nitrogens with two attached hydrogens (primary N) is 1. The summed E-state index contributed by atoms with van der Waals surface area (Å²) in [6, 6.07) is 4.37. The number of halogens is 1. The fourth-order valence-electron chi connectivity index (χ4n) is 1.49. The van der Waals surface area contributed by atoms with E-state index in [1.165, 1.54) is 6.07 Å². The average molecular weight is 305 g/mol. The molecule has 0 bridgehead atoms. The Bertz CT molecular complexity index is 572. The third-order valence-corrected chi connectivity index (χ3v) is 3.77. The third kappa shape index (κ3) is 5.48. The van der Waals surface area contributed by atoms with E-state index >= 15 is 0 Å². The van der Waals surface area contributed by atoms with E-state index in [0.29, 0.717) is 22.7 Å². The number of carbonyl (C=O) groups is 1. The normalized spacial score (nSPS) is 13.0. The van der Waals surface area contributed by atoms with Crippen LogP contribution < -0.4 is 11.1 Å². The van der Waals surface area contributed by atoms with Gasteiger partial charge in [-0.15, -0.1) is 0 Å². The van der Waals surface area contributed by atoms with Gasteiger partial charge >= 0.3 is 0 Å². The fourth-order valence-corrected chi connectivity index (χ4v) is 2.44. The molecule has 1 rings (SSSR count).